The Labute approximate surface area is 120 Å². The molecule has 0 saturated carbocycles. The minimum atomic E-state index is -3.69. The summed E-state index contributed by atoms with van der Waals surface area (Å²) in [5.41, 5.74) is 0.924. The van der Waals surface area contributed by atoms with Crippen molar-refractivity contribution in [1.82, 2.24) is 4.31 Å². The van der Waals surface area contributed by atoms with Gasteiger partial charge in [-0.25, -0.2) is 5.14 Å². The SMILES string of the molecule is CN(Cc1ccc(-c2ccc(Br)cc2)o1)S(N)(=O)=O. The Bertz CT molecular complexity index is 665. The van der Waals surface area contributed by atoms with Gasteiger partial charge in [0.15, 0.2) is 0 Å². The second kappa shape index (κ2) is 5.46. The summed E-state index contributed by atoms with van der Waals surface area (Å²) in [4.78, 5) is 0. The second-order valence-corrected chi connectivity index (χ2v) is 6.64. The van der Waals surface area contributed by atoms with E-state index in [4.69, 9.17) is 9.56 Å². The molecule has 0 saturated heterocycles. The molecule has 2 rings (SSSR count). The highest BCUT2D eigenvalue weighted by atomic mass is 79.9. The Morgan fingerprint density at radius 2 is 1.84 bits per heavy atom. The van der Waals surface area contributed by atoms with Gasteiger partial charge in [-0.1, -0.05) is 28.1 Å². The van der Waals surface area contributed by atoms with E-state index >= 15 is 0 Å². The Morgan fingerprint density at radius 1 is 1.21 bits per heavy atom. The van der Waals surface area contributed by atoms with Crippen molar-refractivity contribution in [2.75, 3.05) is 7.05 Å². The first-order chi connectivity index (χ1) is 8.86. The van der Waals surface area contributed by atoms with Gasteiger partial charge in [-0.2, -0.15) is 12.7 Å². The molecule has 0 aliphatic carbocycles. The standard InChI is InChI=1S/C12H13BrN2O3S/c1-15(19(14,16)17)8-11-6-7-12(18-11)9-2-4-10(13)5-3-9/h2-7H,8H2,1H3,(H2,14,16,17). The third kappa shape index (κ3) is 3.66. The first kappa shape index (κ1) is 14.3. The fraction of sp³-hybridized carbons (Fsp3) is 0.167. The van der Waals surface area contributed by atoms with E-state index < -0.39 is 10.2 Å². The molecule has 0 spiro atoms. The summed E-state index contributed by atoms with van der Waals surface area (Å²) in [6, 6.07) is 11.2. The van der Waals surface area contributed by atoms with Crippen molar-refractivity contribution in [3.63, 3.8) is 0 Å². The van der Waals surface area contributed by atoms with Gasteiger partial charge in [0.25, 0.3) is 10.2 Å². The van der Waals surface area contributed by atoms with Gasteiger partial charge in [-0.05, 0) is 24.3 Å². The van der Waals surface area contributed by atoms with Crippen molar-refractivity contribution in [1.29, 1.82) is 0 Å². The van der Waals surface area contributed by atoms with Gasteiger partial charge in [0, 0.05) is 17.1 Å². The maximum Gasteiger partial charge on any atom is 0.277 e. The van der Waals surface area contributed by atoms with Crippen LogP contribution in [0, 0.1) is 0 Å². The number of furan rings is 1. The van der Waals surface area contributed by atoms with E-state index in [1.807, 2.05) is 24.3 Å². The van der Waals surface area contributed by atoms with Crippen LogP contribution in [0.3, 0.4) is 0 Å². The summed E-state index contributed by atoms with van der Waals surface area (Å²) in [5, 5.41) is 5.01. The number of hydrogen-bond donors (Lipinski definition) is 1. The summed E-state index contributed by atoms with van der Waals surface area (Å²) in [5.74, 6) is 1.22. The fourth-order valence-corrected chi connectivity index (χ4v) is 2.11. The smallest absolute Gasteiger partial charge is 0.277 e. The average molecular weight is 345 g/mol. The minimum absolute atomic E-state index is 0.107. The van der Waals surface area contributed by atoms with Gasteiger partial charge in [-0.15, -0.1) is 0 Å². The van der Waals surface area contributed by atoms with Gasteiger partial charge in [-0.3, -0.25) is 0 Å². The van der Waals surface area contributed by atoms with E-state index in [0.717, 1.165) is 14.3 Å². The first-order valence-corrected chi connectivity index (χ1v) is 7.74. The van der Waals surface area contributed by atoms with Crippen molar-refractivity contribution in [3.8, 4) is 11.3 Å². The summed E-state index contributed by atoms with van der Waals surface area (Å²) < 4.78 is 29.8. The van der Waals surface area contributed by atoms with Crippen LogP contribution >= 0.6 is 15.9 Å². The number of rotatable bonds is 4. The fourth-order valence-electron chi connectivity index (χ4n) is 1.54. The van der Waals surface area contributed by atoms with Gasteiger partial charge < -0.3 is 4.42 Å². The highest BCUT2D eigenvalue weighted by Gasteiger charge is 2.14. The molecule has 5 nitrogen and oxygen atoms in total. The van der Waals surface area contributed by atoms with Crippen LogP contribution in [-0.2, 0) is 16.8 Å². The molecule has 0 atom stereocenters. The molecule has 1 aromatic heterocycles. The largest absolute Gasteiger partial charge is 0.460 e. The minimum Gasteiger partial charge on any atom is -0.460 e. The van der Waals surface area contributed by atoms with E-state index in [0.29, 0.717) is 11.5 Å². The highest BCUT2D eigenvalue weighted by Crippen LogP contribution is 2.24. The second-order valence-electron chi connectivity index (χ2n) is 4.07. The van der Waals surface area contributed by atoms with Gasteiger partial charge in [0.2, 0.25) is 0 Å². The summed E-state index contributed by atoms with van der Waals surface area (Å²) >= 11 is 3.36. The lowest BCUT2D eigenvalue weighted by molar-refractivity contribution is 0.411. The number of nitrogens with zero attached hydrogens (tertiary/aromatic N) is 1. The molecule has 0 aliphatic rings. The molecule has 0 unspecified atom stereocenters. The zero-order valence-corrected chi connectivity index (χ0v) is 12.6. The van der Waals surface area contributed by atoms with Crippen molar-refractivity contribution in [2.45, 2.75) is 6.54 Å². The molecular weight excluding hydrogens is 332 g/mol. The van der Waals surface area contributed by atoms with E-state index in [9.17, 15) is 8.42 Å². The van der Waals surface area contributed by atoms with Crippen molar-refractivity contribution in [2.24, 2.45) is 5.14 Å². The molecule has 2 N–H and O–H groups in total. The normalized spacial score (nSPS) is 12.0. The first-order valence-electron chi connectivity index (χ1n) is 5.45. The van der Waals surface area contributed by atoms with Crippen LogP contribution in [0.5, 0.6) is 0 Å². The molecule has 1 heterocycles. The lowest BCUT2D eigenvalue weighted by Crippen LogP contribution is -2.32. The third-order valence-electron chi connectivity index (χ3n) is 2.60. The molecule has 1 aromatic carbocycles. The third-order valence-corrected chi connectivity index (χ3v) is 4.13. The summed E-state index contributed by atoms with van der Waals surface area (Å²) in [6.45, 7) is 0.107. The number of nitrogens with two attached hydrogens (primary N) is 1. The highest BCUT2D eigenvalue weighted by molar-refractivity contribution is 9.10. The molecule has 102 valence electrons. The zero-order valence-electron chi connectivity index (χ0n) is 10.2. The topological polar surface area (TPSA) is 76.5 Å². The number of hydrogen-bond acceptors (Lipinski definition) is 3. The molecular formula is C12H13BrN2O3S. The Kier molecular flexibility index (Phi) is 4.10. The predicted molar refractivity (Wildman–Crippen MR) is 76.4 cm³/mol. The van der Waals surface area contributed by atoms with Crippen LogP contribution in [0.2, 0.25) is 0 Å². The van der Waals surface area contributed by atoms with Crippen molar-refractivity contribution >= 4 is 26.1 Å². The Balaban J connectivity index is 2.18. The molecule has 0 bridgehead atoms. The molecule has 0 fully saturated rings. The van der Waals surface area contributed by atoms with Gasteiger partial charge in [0.1, 0.15) is 11.5 Å². The van der Waals surface area contributed by atoms with Gasteiger partial charge in [0.05, 0.1) is 6.54 Å². The van der Waals surface area contributed by atoms with Crippen LogP contribution in [-0.4, -0.2) is 19.8 Å². The predicted octanol–water partition coefficient (Wildman–Crippen LogP) is 2.34. The Hall–Kier alpha value is -1.15. The number of benzene rings is 1. The van der Waals surface area contributed by atoms with Crippen LogP contribution in [0.1, 0.15) is 5.76 Å². The van der Waals surface area contributed by atoms with Crippen LogP contribution < -0.4 is 5.14 Å². The molecule has 7 heteroatoms. The van der Waals surface area contributed by atoms with Crippen LogP contribution in [0.4, 0.5) is 0 Å². The zero-order chi connectivity index (χ0) is 14.0. The lowest BCUT2D eigenvalue weighted by Gasteiger charge is -2.11. The van der Waals surface area contributed by atoms with E-state index in [-0.39, 0.29) is 6.54 Å². The van der Waals surface area contributed by atoms with Crippen LogP contribution in [0.15, 0.2) is 45.3 Å². The monoisotopic (exact) mass is 344 g/mol. The molecule has 0 amide bonds. The van der Waals surface area contributed by atoms with Crippen LogP contribution in [0.25, 0.3) is 11.3 Å². The maximum absolute atomic E-state index is 11.1. The van der Waals surface area contributed by atoms with Crippen molar-refractivity contribution < 1.29 is 12.8 Å². The number of halogens is 1. The summed E-state index contributed by atoms with van der Waals surface area (Å²) in [7, 11) is -2.29. The van der Waals surface area contributed by atoms with E-state index in [1.54, 1.807) is 12.1 Å². The molecule has 0 aliphatic heterocycles. The quantitative estimate of drug-likeness (QED) is 0.924. The van der Waals surface area contributed by atoms with E-state index in [2.05, 4.69) is 15.9 Å². The Morgan fingerprint density at radius 3 is 2.42 bits per heavy atom. The molecule has 2 aromatic rings. The lowest BCUT2D eigenvalue weighted by atomic mass is 10.2. The van der Waals surface area contributed by atoms with Crippen molar-refractivity contribution in [3.05, 3.63) is 46.6 Å². The van der Waals surface area contributed by atoms with Gasteiger partial charge >= 0.3 is 0 Å². The summed E-state index contributed by atoms with van der Waals surface area (Å²) in [6.07, 6.45) is 0. The molecule has 19 heavy (non-hydrogen) atoms. The molecule has 0 radical (unpaired) electrons. The average Bonchev–Trinajstić information content (AvgIpc) is 2.77. The maximum atomic E-state index is 11.1. The van der Waals surface area contributed by atoms with E-state index in [1.165, 1.54) is 7.05 Å².